The third-order valence-corrected chi connectivity index (χ3v) is 3.46. The van der Waals surface area contributed by atoms with E-state index in [-0.39, 0.29) is 11.3 Å². The second kappa shape index (κ2) is 3.53. The zero-order valence-corrected chi connectivity index (χ0v) is 10.2. The van der Waals surface area contributed by atoms with Gasteiger partial charge < -0.3 is 5.32 Å². The molecule has 0 bridgehead atoms. The van der Waals surface area contributed by atoms with Crippen LogP contribution in [-0.4, -0.2) is 13.0 Å². The van der Waals surface area contributed by atoms with Crippen LogP contribution in [0.25, 0.3) is 0 Å². The van der Waals surface area contributed by atoms with Gasteiger partial charge in [-0.15, -0.1) is 0 Å². The highest BCUT2D eigenvalue weighted by molar-refractivity contribution is 14.1. The number of nitrogens with one attached hydrogen (secondary N) is 1. The predicted molar refractivity (Wildman–Crippen MR) is 64.1 cm³/mol. The zero-order chi connectivity index (χ0) is 10.2. The molecular weight excluding hydrogens is 289 g/mol. The Kier molecular flexibility index (Phi) is 2.51. The molecule has 0 unspecified atom stereocenters. The molecule has 1 aliphatic rings. The van der Waals surface area contributed by atoms with Gasteiger partial charge in [-0.3, -0.25) is 4.79 Å². The first-order valence-electron chi connectivity index (χ1n) is 4.67. The van der Waals surface area contributed by atoms with Crippen LogP contribution in [0.15, 0.2) is 24.3 Å². The highest BCUT2D eigenvalue weighted by atomic mass is 127. The number of likely N-dealkylation sites (N-methyl/N-ethyl adjacent to an activating group) is 1. The van der Waals surface area contributed by atoms with Crippen LogP contribution in [0.4, 0.5) is 0 Å². The summed E-state index contributed by atoms with van der Waals surface area (Å²) in [6.45, 7) is 0. The van der Waals surface area contributed by atoms with Crippen LogP contribution in [0.1, 0.15) is 18.4 Å². The van der Waals surface area contributed by atoms with E-state index in [4.69, 9.17) is 0 Å². The molecule has 0 heterocycles. The summed E-state index contributed by atoms with van der Waals surface area (Å²) in [5.41, 5.74) is 0.944. The second-order valence-electron chi connectivity index (χ2n) is 3.67. The van der Waals surface area contributed by atoms with Gasteiger partial charge in [-0.05, 0) is 53.1 Å². The summed E-state index contributed by atoms with van der Waals surface area (Å²) in [4.78, 5) is 11.7. The molecular formula is C11H12INO. The molecule has 0 radical (unpaired) electrons. The Hall–Kier alpha value is -0.580. The van der Waals surface area contributed by atoms with Crippen LogP contribution >= 0.6 is 22.6 Å². The normalized spacial score (nSPS) is 17.6. The van der Waals surface area contributed by atoms with Crippen molar-refractivity contribution in [3.63, 3.8) is 0 Å². The lowest BCUT2D eigenvalue weighted by molar-refractivity contribution is -0.123. The van der Waals surface area contributed by atoms with E-state index in [9.17, 15) is 4.79 Å². The molecule has 1 amide bonds. The third-order valence-electron chi connectivity index (χ3n) is 2.79. The molecule has 1 aromatic rings. The lowest BCUT2D eigenvalue weighted by Gasteiger charge is -2.13. The minimum atomic E-state index is -0.212. The molecule has 0 aliphatic heterocycles. The maximum Gasteiger partial charge on any atom is 0.230 e. The molecule has 1 saturated carbocycles. The summed E-state index contributed by atoms with van der Waals surface area (Å²) in [7, 11) is 1.70. The number of hydrogen-bond acceptors (Lipinski definition) is 1. The quantitative estimate of drug-likeness (QED) is 0.833. The molecule has 14 heavy (non-hydrogen) atoms. The van der Waals surface area contributed by atoms with Crippen LogP contribution in [-0.2, 0) is 10.2 Å². The maximum absolute atomic E-state index is 11.7. The summed E-state index contributed by atoms with van der Waals surface area (Å²) in [6, 6.07) is 8.21. The fourth-order valence-electron chi connectivity index (χ4n) is 1.80. The first kappa shape index (κ1) is 9.96. The van der Waals surface area contributed by atoms with Crippen molar-refractivity contribution in [3.05, 3.63) is 33.4 Å². The zero-order valence-electron chi connectivity index (χ0n) is 8.01. The van der Waals surface area contributed by atoms with Gasteiger partial charge in [0.25, 0.3) is 0 Å². The Balaban J connectivity index is 2.35. The van der Waals surface area contributed by atoms with Gasteiger partial charge in [0.1, 0.15) is 0 Å². The summed E-state index contributed by atoms with van der Waals surface area (Å²) in [6.07, 6.45) is 1.96. The van der Waals surface area contributed by atoms with E-state index in [0.29, 0.717) is 0 Å². The standard InChI is InChI=1S/C11H12INO/c1-13-10(14)11(5-6-11)8-3-2-4-9(12)7-8/h2-4,7H,5-6H2,1H3,(H,13,14). The van der Waals surface area contributed by atoms with Gasteiger partial charge in [0.15, 0.2) is 0 Å². The van der Waals surface area contributed by atoms with Crippen molar-refractivity contribution in [2.75, 3.05) is 7.05 Å². The van der Waals surface area contributed by atoms with Gasteiger partial charge >= 0.3 is 0 Å². The molecule has 2 rings (SSSR count). The van der Waals surface area contributed by atoms with E-state index in [1.54, 1.807) is 7.05 Å². The molecule has 0 saturated heterocycles. The van der Waals surface area contributed by atoms with Crippen molar-refractivity contribution in [2.24, 2.45) is 0 Å². The van der Waals surface area contributed by atoms with Crippen molar-refractivity contribution in [1.29, 1.82) is 0 Å². The molecule has 1 aromatic carbocycles. The van der Waals surface area contributed by atoms with Gasteiger partial charge in [-0.1, -0.05) is 12.1 Å². The Morgan fingerprint density at radius 1 is 1.50 bits per heavy atom. The molecule has 0 spiro atoms. The molecule has 74 valence electrons. The second-order valence-corrected chi connectivity index (χ2v) is 4.92. The topological polar surface area (TPSA) is 29.1 Å². The summed E-state index contributed by atoms with van der Waals surface area (Å²) >= 11 is 2.28. The van der Waals surface area contributed by atoms with E-state index >= 15 is 0 Å². The Morgan fingerprint density at radius 2 is 2.21 bits per heavy atom. The highest BCUT2D eigenvalue weighted by Crippen LogP contribution is 2.48. The van der Waals surface area contributed by atoms with E-state index in [1.165, 1.54) is 3.57 Å². The van der Waals surface area contributed by atoms with Gasteiger partial charge in [0, 0.05) is 10.6 Å². The van der Waals surface area contributed by atoms with Crippen LogP contribution < -0.4 is 5.32 Å². The van der Waals surface area contributed by atoms with Crippen molar-refractivity contribution in [3.8, 4) is 0 Å². The number of rotatable bonds is 2. The highest BCUT2D eigenvalue weighted by Gasteiger charge is 2.50. The van der Waals surface area contributed by atoms with Gasteiger partial charge in [-0.2, -0.15) is 0 Å². The monoisotopic (exact) mass is 301 g/mol. The van der Waals surface area contributed by atoms with Gasteiger partial charge in [-0.25, -0.2) is 0 Å². The van der Waals surface area contributed by atoms with E-state index in [2.05, 4.69) is 34.0 Å². The minimum Gasteiger partial charge on any atom is -0.358 e. The van der Waals surface area contributed by atoms with Crippen LogP contribution in [0.5, 0.6) is 0 Å². The molecule has 0 aromatic heterocycles. The average Bonchev–Trinajstić information content (AvgIpc) is 2.97. The van der Waals surface area contributed by atoms with Crippen molar-refractivity contribution in [1.82, 2.24) is 5.32 Å². The fourth-order valence-corrected chi connectivity index (χ4v) is 2.34. The van der Waals surface area contributed by atoms with Crippen LogP contribution in [0.2, 0.25) is 0 Å². The summed E-state index contributed by atoms with van der Waals surface area (Å²) < 4.78 is 1.19. The molecule has 2 nitrogen and oxygen atoms in total. The van der Waals surface area contributed by atoms with Crippen LogP contribution in [0, 0.1) is 3.57 Å². The largest absolute Gasteiger partial charge is 0.358 e. The van der Waals surface area contributed by atoms with Crippen molar-refractivity contribution in [2.45, 2.75) is 18.3 Å². The Labute approximate surface area is 97.2 Å². The lowest BCUT2D eigenvalue weighted by atomic mass is 9.95. The molecule has 1 aliphatic carbocycles. The fraction of sp³-hybridized carbons (Fsp3) is 0.364. The Morgan fingerprint density at radius 3 is 2.71 bits per heavy atom. The number of carbonyl (C=O) groups is 1. The minimum absolute atomic E-state index is 0.152. The van der Waals surface area contributed by atoms with Gasteiger partial charge in [0.05, 0.1) is 5.41 Å². The van der Waals surface area contributed by atoms with Crippen LogP contribution in [0.3, 0.4) is 0 Å². The van der Waals surface area contributed by atoms with Crippen molar-refractivity contribution < 1.29 is 4.79 Å². The lowest BCUT2D eigenvalue weighted by Crippen LogP contribution is -2.31. The summed E-state index contributed by atoms with van der Waals surface area (Å²) in [5.74, 6) is 0.152. The molecule has 1 N–H and O–H groups in total. The SMILES string of the molecule is CNC(=O)C1(c2cccc(I)c2)CC1. The molecule has 3 heteroatoms. The molecule has 0 atom stereocenters. The first-order chi connectivity index (χ1) is 6.69. The van der Waals surface area contributed by atoms with E-state index < -0.39 is 0 Å². The third kappa shape index (κ3) is 1.54. The predicted octanol–water partition coefficient (Wildman–Crippen LogP) is 2.07. The first-order valence-corrected chi connectivity index (χ1v) is 5.75. The van der Waals surface area contributed by atoms with E-state index in [0.717, 1.165) is 18.4 Å². The van der Waals surface area contributed by atoms with E-state index in [1.807, 2.05) is 18.2 Å². The number of amides is 1. The maximum atomic E-state index is 11.7. The Bertz CT molecular complexity index is 371. The number of hydrogen-bond donors (Lipinski definition) is 1. The average molecular weight is 301 g/mol. The molecule has 1 fully saturated rings. The number of benzene rings is 1. The van der Waals surface area contributed by atoms with Crippen molar-refractivity contribution >= 4 is 28.5 Å². The smallest absolute Gasteiger partial charge is 0.230 e. The summed E-state index contributed by atoms with van der Waals surface area (Å²) in [5, 5.41) is 2.74. The van der Waals surface area contributed by atoms with Gasteiger partial charge in [0.2, 0.25) is 5.91 Å². The number of carbonyl (C=O) groups excluding carboxylic acids is 1. The number of halogens is 1.